The summed E-state index contributed by atoms with van der Waals surface area (Å²) < 4.78 is 71.0. The van der Waals surface area contributed by atoms with Crippen molar-refractivity contribution in [2.45, 2.75) is 56.2 Å². The maximum Gasteiger partial charge on any atom is 0.573 e. The van der Waals surface area contributed by atoms with Crippen molar-refractivity contribution in [1.82, 2.24) is 9.62 Å². The van der Waals surface area contributed by atoms with Gasteiger partial charge >= 0.3 is 12.5 Å². The Morgan fingerprint density at radius 3 is 2.54 bits per heavy atom. The maximum atomic E-state index is 13.1. The van der Waals surface area contributed by atoms with Crippen molar-refractivity contribution in [3.8, 4) is 16.9 Å². The van der Waals surface area contributed by atoms with Gasteiger partial charge in [0.2, 0.25) is 10.0 Å². The summed E-state index contributed by atoms with van der Waals surface area (Å²) >= 11 is 0. The fraction of sp³-hybridized carbons (Fsp3) is 0.440. The summed E-state index contributed by atoms with van der Waals surface area (Å²) in [6.07, 6.45) is -2.15. The van der Waals surface area contributed by atoms with Crippen LogP contribution in [0, 0.1) is 0 Å². The number of ether oxygens (including phenoxy) is 1. The van der Waals surface area contributed by atoms with E-state index in [2.05, 4.69) is 9.46 Å². The Balaban J connectivity index is 1.97. The number of nitrogens with one attached hydrogen (secondary N) is 1. The zero-order valence-corrected chi connectivity index (χ0v) is 21.1. The highest BCUT2D eigenvalue weighted by molar-refractivity contribution is 7.89. The lowest BCUT2D eigenvalue weighted by atomic mass is 9.97. The Labute approximate surface area is 213 Å². The number of aryl methyl sites for hydroxylation is 1. The molecule has 12 heteroatoms. The van der Waals surface area contributed by atoms with Crippen LogP contribution in [-0.2, 0) is 34.1 Å². The van der Waals surface area contributed by atoms with Gasteiger partial charge in [-0.1, -0.05) is 12.1 Å². The van der Waals surface area contributed by atoms with Gasteiger partial charge in [0.05, 0.1) is 4.90 Å². The van der Waals surface area contributed by atoms with Crippen molar-refractivity contribution in [3.05, 3.63) is 47.0 Å². The topological polar surface area (TPSA) is 113 Å². The minimum Gasteiger partial charge on any atom is -0.465 e. The van der Waals surface area contributed by atoms with E-state index >= 15 is 0 Å². The molecule has 0 aromatic heterocycles. The molecule has 37 heavy (non-hydrogen) atoms. The fourth-order valence-corrected chi connectivity index (χ4v) is 5.51. The number of halogens is 3. The summed E-state index contributed by atoms with van der Waals surface area (Å²) in [6.45, 7) is 0.0477. The van der Waals surface area contributed by atoms with Crippen LogP contribution in [0.25, 0.3) is 11.1 Å². The summed E-state index contributed by atoms with van der Waals surface area (Å²) in [5.74, 6) is -0.452. The number of alkyl halides is 3. The van der Waals surface area contributed by atoms with E-state index < -0.39 is 28.2 Å². The molecule has 0 radical (unpaired) electrons. The molecule has 0 saturated heterocycles. The lowest BCUT2D eigenvalue weighted by Gasteiger charge is -2.21. The van der Waals surface area contributed by atoms with Gasteiger partial charge in [-0.15, -0.1) is 13.2 Å². The molecule has 1 aliphatic carbocycles. The molecule has 0 atom stereocenters. The minimum atomic E-state index is -4.95. The smallest absolute Gasteiger partial charge is 0.465 e. The molecule has 0 unspecified atom stereocenters. The monoisotopic (exact) mass is 542 g/mol. The molecule has 0 spiro atoms. The van der Waals surface area contributed by atoms with E-state index in [0.29, 0.717) is 43.2 Å². The third-order valence-electron chi connectivity index (χ3n) is 6.27. The molecule has 2 N–H and O–H groups in total. The summed E-state index contributed by atoms with van der Waals surface area (Å²) in [4.78, 5) is 23.3. The van der Waals surface area contributed by atoms with Crippen LogP contribution in [0.1, 0.15) is 42.4 Å². The Hall–Kier alpha value is -3.12. The number of carboxylic acid groups (broad SMARTS) is 1. The molecule has 0 bridgehead atoms. The molecule has 0 heterocycles. The van der Waals surface area contributed by atoms with Gasteiger partial charge in [0.25, 0.3) is 0 Å². The number of nitrogens with zero attached hydrogens (tertiary/aromatic N) is 1. The molecule has 2 aromatic carbocycles. The average molecular weight is 543 g/mol. The lowest BCUT2D eigenvalue weighted by Crippen LogP contribution is -2.32. The number of carbonyl (C=O) groups is 2. The van der Waals surface area contributed by atoms with Gasteiger partial charge < -0.3 is 19.5 Å². The molecule has 2 aromatic rings. The first kappa shape index (κ1) is 28.5. The van der Waals surface area contributed by atoms with Crippen molar-refractivity contribution < 1.29 is 41.0 Å². The molecule has 0 saturated carbocycles. The Morgan fingerprint density at radius 1 is 1.14 bits per heavy atom. The Bertz CT molecular complexity index is 1250. The summed E-state index contributed by atoms with van der Waals surface area (Å²) in [5.41, 5.74) is 2.75. The van der Waals surface area contributed by atoms with E-state index in [1.807, 2.05) is 6.07 Å². The van der Waals surface area contributed by atoms with Gasteiger partial charge in [0, 0.05) is 19.5 Å². The zero-order chi connectivity index (χ0) is 27.2. The first-order valence-electron chi connectivity index (χ1n) is 11.8. The second-order valence-electron chi connectivity index (χ2n) is 8.73. The SMILES string of the molecule is CNS(=O)(=O)c1cc(-c2ccc(OC(F)(F)F)c(CCN(CCCCC=O)C(=O)O)c2)cc2c1CCC2. The second kappa shape index (κ2) is 12.0. The van der Waals surface area contributed by atoms with Gasteiger partial charge in [-0.25, -0.2) is 17.9 Å². The van der Waals surface area contributed by atoms with Crippen molar-refractivity contribution >= 4 is 22.4 Å². The third kappa shape index (κ3) is 7.45. The van der Waals surface area contributed by atoms with Crippen LogP contribution in [-0.4, -0.2) is 57.3 Å². The largest absolute Gasteiger partial charge is 0.573 e. The van der Waals surface area contributed by atoms with Crippen molar-refractivity contribution in [1.29, 1.82) is 0 Å². The highest BCUT2D eigenvalue weighted by Gasteiger charge is 2.32. The Kier molecular flexibility index (Phi) is 9.19. The quantitative estimate of drug-likeness (QED) is 0.301. The van der Waals surface area contributed by atoms with Gasteiger partial charge in [-0.3, -0.25) is 0 Å². The predicted molar refractivity (Wildman–Crippen MR) is 130 cm³/mol. The van der Waals surface area contributed by atoms with E-state index in [9.17, 15) is 36.3 Å². The number of unbranched alkanes of at least 4 members (excludes halogenated alkanes) is 2. The number of fused-ring (bicyclic) bond motifs is 1. The van der Waals surface area contributed by atoms with E-state index in [0.717, 1.165) is 34.8 Å². The standard InChI is InChI=1S/C25H29F3N2O6S/c1-29-37(34,35)23-16-20(15-18-6-5-7-21(18)23)17-8-9-22(36-25(26,27)28)19(14-17)10-12-30(24(32)33)11-3-2-4-13-31/h8-9,13-16,29H,2-7,10-12H2,1H3,(H,32,33). The lowest BCUT2D eigenvalue weighted by molar-refractivity contribution is -0.274. The van der Waals surface area contributed by atoms with Crippen molar-refractivity contribution in [2.75, 3.05) is 20.1 Å². The number of hydrogen-bond acceptors (Lipinski definition) is 5. The molecular formula is C25H29F3N2O6S. The highest BCUT2D eigenvalue weighted by atomic mass is 32.2. The van der Waals surface area contributed by atoms with Crippen molar-refractivity contribution in [2.24, 2.45) is 0 Å². The van der Waals surface area contributed by atoms with Crippen LogP contribution in [0.5, 0.6) is 5.75 Å². The van der Waals surface area contributed by atoms with Crippen LogP contribution in [0.3, 0.4) is 0 Å². The van der Waals surface area contributed by atoms with Crippen LogP contribution in [0.2, 0.25) is 0 Å². The molecule has 3 rings (SSSR count). The summed E-state index contributed by atoms with van der Waals surface area (Å²) in [6, 6.07) is 7.41. The fourth-order valence-electron chi connectivity index (χ4n) is 4.45. The van der Waals surface area contributed by atoms with Crippen LogP contribution in [0.15, 0.2) is 35.2 Å². The van der Waals surface area contributed by atoms with E-state index in [1.54, 1.807) is 0 Å². The molecular weight excluding hydrogens is 513 g/mol. The number of amides is 1. The molecule has 8 nitrogen and oxygen atoms in total. The molecule has 0 fully saturated rings. The number of aldehydes is 1. The minimum absolute atomic E-state index is 0.0636. The van der Waals surface area contributed by atoms with Crippen LogP contribution >= 0.6 is 0 Å². The normalized spacial score (nSPS) is 13.3. The molecule has 1 amide bonds. The first-order valence-corrected chi connectivity index (χ1v) is 13.3. The molecule has 0 aliphatic heterocycles. The number of sulfonamides is 1. The molecule has 1 aliphatic rings. The second-order valence-corrected chi connectivity index (χ2v) is 10.6. The number of benzene rings is 2. The van der Waals surface area contributed by atoms with Crippen LogP contribution in [0.4, 0.5) is 18.0 Å². The highest BCUT2D eigenvalue weighted by Crippen LogP contribution is 2.36. The van der Waals surface area contributed by atoms with Crippen LogP contribution < -0.4 is 9.46 Å². The zero-order valence-electron chi connectivity index (χ0n) is 20.3. The van der Waals surface area contributed by atoms with Gasteiger partial charge in [0.15, 0.2) is 0 Å². The van der Waals surface area contributed by atoms with E-state index in [1.165, 1.54) is 25.2 Å². The first-order chi connectivity index (χ1) is 17.4. The predicted octanol–water partition coefficient (Wildman–Crippen LogP) is 4.54. The third-order valence-corrected chi connectivity index (χ3v) is 7.75. The summed E-state index contributed by atoms with van der Waals surface area (Å²) in [5, 5.41) is 9.50. The van der Waals surface area contributed by atoms with Gasteiger partial charge in [0.1, 0.15) is 12.0 Å². The average Bonchev–Trinajstić information content (AvgIpc) is 3.31. The molecule has 202 valence electrons. The Morgan fingerprint density at radius 2 is 1.89 bits per heavy atom. The van der Waals surface area contributed by atoms with E-state index in [-0.39, 0.29) is 30.0 Å². The summed E-state index contributed by atoms with van der Waals surface area (Å²) in [7, 11) is -2.44. The van der Waals surface area contributed by atoms with Gasteiger partial charge in [-0.2, -0.15) is 0 Å². The number of carbonyl (C=O) groups excluding carboxylic acids is 1. The van der Waals surface area contributed by atoms with Gasteiger partial charge in [-0.05, 0) is 91.6 Å². The van der Waals surface area contributed by atoms with Crippen molar-refractivity contribution in [3.63, 3.8) is 0 Å². The number of hydrogen-bond donors (Lipinski definition) is 2. The van der Waals surface area contributed by atoms with E-state index in [4.69, 9.17) is 0 Å². The maximum absolute atomic E-state index is 13.1. The number of rotatable bonds is 12.